The summed E-state index contributed by atoms with van der Waals surface area (Å²) < 4.78 is 0. The second-order valence-corrected chi connectivity index (χ2v) is 4.02. The Balaban J connectivity index is 2.30. The molecule has 2 rings (SSSR count). The number of amides is 1. The summed E-state index contributed by atoms with van der Waals surface area (Å²) >= 11 is 0. The van der Waals surface area contributed by atoms with Crippen molar-refractivity contribution < 1.29 is 4.79 Å². The molecule has 88 valence electrons. The summed E-state index contributed by atoms with van der Waals surface area (Å²) in [6.07, 6.45) is 0. The second kappa shape index (κ2) is 4.41. The SMILES string of the molecule is Cc1[nH]nc(C(=O)N(C)c2ccccc2)c1C. The van der Waals surface area contributed by atoms with Crippen LogP contribution in [0.4, 0.5) is 5.69 Å². The van der Waals surface area contributed by atoms with E-state index in [4.69, 9.17) is 0 Å². The van der Waals surface area contributed by atoms with Crippen LogP contribution in [0.2, 0.25) is 0 Å². The van der Waals surface area contributed by atoms with Crippen LogP contribution in [-0.4, -0.2) is 23.2 Å². The molecule has 0 bridgehead atoms. The van der Waals surface area contributed by atoms with Crippen molar-refractivity contribution in [3.8, 4) is 0 Å². The van der Waals surface area contributed by atoms with Gasteiger partial charge in [-0.05, 0) is 26.0 Å². The number of hydrogen-bond acceptors (Lipinski definition) is 2. The van der Waals surface area contributed by atoms with Crippen LogP contribution in [0.1, 0.15) is 21.7 Å². The molecule has 1 aromatic carbocycles. The van der Waals surface area contributed by atoms with Crippen LogP contribution in [0.3, 0.4) is 0 Å². The third-order valence-corrected chi connectivity index (χ3v) is 2.90. The Bertz CT molecular complexity index is 531. The Morgan fingerprint density at radius 2 is 1.88 bits per heavy atom. The van der Waals surface area contributed by atoms with Gasteiger partial charge in [-0.15, -0.1) is 0 Å². The number of aryl methyl sites for hydroxylation is 1. The average Bonchev–Trinajstić information content (AvgIpc) is 2.69. The lowest BCUT2D eigenvalue weighted by atomic mass is 10.2. The molecule has 17 heavy (non-hydrogen) atoms. The van der Waals surface area contributed by atoms with Gasteiger partial charge in [0, 0.05) is 24.0 Å². The predicted octanol–water partition coefficient (Wildman–Crippen LogP) is 2.30. The van der Waals surface area contributed by atoms with E-state index in [1.165, 1.54) is 0 Å². The van der Waals surface area contributed by atoms with Crippen molar-refractivity contribution in [1.29, 1.82) is 0 Å². The molecule has 0 radical (unpaired) electrons. The van der Waals surface area contributed by atoms with Crippen molar-refractivity contribution in [3.05, 3.63) is 47.3 Å². The molecule has 4 nitrogen and oxygen atoms in total. The van der Waals surface area contributed by atoms with Crippen LogP contribution in [0.15, 0.2) is 30.3 Å². The number of carbonyl (C=O) groups is 1. The minimum atomic E-state index is -0.0990. The summed E-state index contributed by atoms with van der Waals surface area (Å²) in [5.41, 5.74) is 3.17. The number of aromatic amines is 1. The Kier molecular flexibility index (Phi) is 2.95. The summed E-state index contributed by atoms with van der Waals surface area (Å²) in [5, 5.41) is 6.87. The smallest absolute Gasteiger partial charge is 0.278 e. The number of H-pyrrole nitrogens is 1. The summed E-state index contributed by atoms with van der Waals surface area (Å²) in [6.45, 7) is 3.80. The van der Waals surface area contributed by atoms with E-state index in [2.05, 4.69) is 10.2 Å². The van der Waals surface area contributed by atoms with E-state index < -0.39 is 0 Å². The molecule has 0 unspecified atom stereocenters. The first-order chi connectivity index (χ1) is 8.11. The first-order valence-corrected chi connectivity index (χ1v) is 5.46. The van der Waals surface area contributed by atoms with Crippen molar-refractivity contribution in [3.63, 3.8) is 0 Å². The number of aromatic nitrogens is 2. The number of hydrogen-bond donors (Lipinski definition) is 1. The summed E-state index contributed by atoms with van der Waals surface area (Å²) in [5.74, 6) is -0.0990. The van der Waals surface area contributed by atoms with Crippen LogP contribution in [0.5, 0.6) is 0 Å². The first-order valence-electron chi connectivity index (χ1n) is 5.46. The third-order valence-electron chi connectivity index (χ3n) is 2.90. The number of anilines is 1. The molecule has 1 aromatic heterocycles. The van der Waals surface area contributed by atoms with E-state index in [0.717, 1.165) is 16.9 Å². The van der Waals surface area contributed by atoms with E-state index >= 15 is 0 Å². The maximum absolute atomic E-state index is 12.2. The van der Waals surface area contributed by atoms with Gasteiger partial charge in [0.15, 0.2) is 5.69 Å². The van der Waals surface area contributed by atoms with Crippen molar-refractivity contribution in [2.45, 2.75) is 13.8 Å². The van der Waals surface area contributed by atoms with Gasteiger partial charge in [0.2, 0.25) is 0 Å². The average molecular weight is 229 g/mol. The number of benzene rings is 1. The van der Waals surface area contributed by atoms with Crippen molar-refractivity contribution >= 4 is 11.6 Å². The van der Waals surface area contributed by atoms with Gasteiger partial charge in [-0.1, -0.05) is 18.2 Å². The fraction of sp³-hybridized carbons (Fsp3) is 0.231. The van der Waals surface area contributed by atoms with Gasteiger partial charge >= 0.3 is 0 Å². The Morgan fingerprint density at radius 1 is 1.24 bits per heavy atom. The van der Waals surface area contributed by atoms with E-state index in [-0.39, 0.29) is 5.91 Å². The van der Waals surface area contributed by atoms with Crippen LogP contribution in [0, 0.1) is 13.8 Å². The van der Waals surface area contributed by atoms with Crippen molar-refractivity contribution in [1.82, 2.24) is 10.2 Å². The predicted molar refractivity (Wildman–Crippen MR) is 67.2 cm³/mol. The van der Waals surface area contributed by atoms with Gasteiger partial charge in [0.1, 0.15) is 0 Å². The van der Waals surface area contributed by atoms with Crippen LogP contribution in [-0.2, 0) is 0 Å². The van der Waals surface area contributed by atoms with Crippen molar-refractivity contribution in [2.75, 3.05) is 11.9 Å². The molecule has 4 heteroatoms. The van der Waals surface area contributed by atoms with Gasteiger partial charge in [-0.25, -0.2) is 0 Å². The molecule has 0 aliphatic carbocycles. The highest BCUT2D eigenvalue weighted by Crippen LogP contribution is 2.16. The normalized spacial score (nSPS) is 10.3. The lowest BCUT2D eigenvalue weighted by molar-refractivity contribution is 0.0987. The van der Waals surface area contributed by atoms with Gasteiger partial charge in [0.05, 0.1) is 0 Å². The van der Waals surface area contributed by atoms with E-state index in [1.807, 2.05) is 44.2 Å². The minimum absolute atomic E-state index is 0.0990. The molecule has 1 heterocycles. The molecule has 2 aromatic rings. The Morgan fingerprint density at radius 3 is 2.41 bits per heavy atom. The fourth-order valence-corrected chi connectivity index (χ4v) is 1.62. The topological polar surface area (TPSA) is 49.0 Å². The molecule has 0 aliphatic rings. The number of para-hydroxylation sites is 1. The molecular weight excluding hydrogens is 214 g/mol. The highest BCUT2D eigenvalue weighted by atomic mass is 16.2. The molecule has 0 aliphatic heterocycles. The monoisotopic (exact) mass is 229 g/mol. The maximum atomic E-state index is 12.2. The lowest BCUT2D eigenvalue weighted by Crippen LogP contribution is -2.27. The largest absolute Gasteiger partial charge is 0.310 e. The van der Waals surface area contributed by atoms with Crippen molar-refractivity contribution in [2.24, 2.45) is 0 Å². The molecule has 0 spiro atoms. The lowest BCUT2D eigenvalue weighted by Gasteiger charge is -2.16. The highest BCUT2D eigenvalue weighted by molar-refractivity contribution is 6.05. The minimum Gasteiger partial charge on any atom is -0.310 e. The zero-order valence-corrected chi connectivity index (χ0v) is 10.2. The van der Waals surface area contributed by atoms with Gasteiger partial charge in [0.25, 0.3) is 5.91 Å². The number of rotatable bonds is 2. The summed E-state index contributed by atoms with van der Waals surface area (Å²) in [7, 11) is 1.75. The Labute approximate surface area is 100 Å². The number of nitrogens with one attached hydrogen (secondary N) is 1. The fourth-order valence-electron chi connectivity index (χ4n) is 1.62. The van der Waals surface area contributed by atoms with E-state index in [1.54, 1.807) is 11.9 Å². The number of carbonyl (C=O) groups excluding carboxylic acids is 1. The third kappa shape index (κ3) is 2.06. The second-order valence-electron chi connectivity index (χ2n) is 4.02. The quantitative estimate of drug-likeness (QED) is 0.859. The highest BCUT2D eigenvalue weighted by Gasteiger charge is 2.19. The standard InChI is InChI=1S/C13H15N3O/c1-9-10(2)14-15-12(9)13(17)16(3)11-7-5-4-6-8-11/h4-8H,1-3H3,(H,14,15). The van der Waals surface area contributed by atoms with Gasteiger partial charge in [-0.3, -0.25) is 9.89 Å². The molecule has 0 atom stereocenters. The summed E-state index contributed by atoms with van der Waals surface area (Å²) in [4.78, 5) is 13.8. The van der Waals surface area contributed by atoms with Gasteiger partial charge in [-0.2, -0.15) is 5.10 Å². The molecule has 0 fully saturated rings. The zero-order valence-electron chi connectivity index (χ0n) is 10.2. The molecule has 0 saturated heterocycles. The maximum Gasteiger partial charge on any atom is 0.278 e. The Hall–Kier alpha value is -2.10. The van der Waals surface area contributed by atoms with Gasteiger partial charge < -0.3 is 4.90 Å². The summed E-state index contributed by atoms with van der Waals surface area (Å²) in [6, 6.07) is 9.52. The molecule has 1 N–H and O–H groups in total. The van der Waals surface area contributed by atoms with Crippen LogP contribution < -0.4 is 4.90 Å². The zero-order chi connectivity index (χ0) is 12.4. The molecule has 0 saturated carbocycles. The van der Waals surface area contributed by atoms with Crippen LogP contribution >= 0.6 is 0 Å². The van der Waals surface area contributed by atoms with Crippen LogP contribution in [0.25, 0.3) is 0 Å². The van der Waals surface area contributed by atoms with E-state index in [9.17, 15) is 4.79 Å². The molecular formula is C13H15N3O. The first kappa shape index (κ1) is 11.4. The number of nitrogens with zero attached hydrogens (tertiary/aromatic N) is 2. The molecule has 1 amide bonds. The van der Waals surface area contributed by atoms with E-state index in [0.29, 0.717) is 5.69 Å².